The molecule has 0 saturated heterocycles. The van der Waals surface area contributed by atoms with Gasteiger partial charge in [0.05, 0.1) is 0 Å². The zero-order chi connectivity index (χ0) is 18.8. The summed E-state index contributed by atoms with van der Waals surface area (Å²) in [5, 5.41) is 10.8. The van der Waals surface area contributed by atoms with Gasteiger partial charge in [-0.05, 0) is 42.6 Å². The Hall–Kier alpha value is -1.85. The molecule has 25 heavy (non-hydrogen) atoms. The summed E-state index contributed by atoms with van der Waals surface area (Å²) in [5.74, 6) is -0.687. The van der Waals surface area contributed by atoms with Crippen molar-refractivity contribution in [1.29, 1.82) is 0 Å². The molecule has 2 N–H and O–H groups in total. The maximum atomic E-state index is 13.7. The van der Waals surface area contributed by atoms with Gasteiger partial charge in [-0.15, -0.1) is 0 Å². The Morgan fingerprint density at radius 3 is 2.24 bits per heavy atom. The summed E-state index contributed by atoms with van der Waals surface area (Å²) in [5.41, 5.74) is 4.32. The van der Waals surface area contributed by atoms with Crippen LogP contribution >= 0.6 is 12.6 Å². The first-order valence-corrected chi connectivity index (χ1v) is 8.99. The van der Waals surface area contributed by atoms with E-state index in [1.807, 2.05) is 18.2 Å². The van der Waals surface area contributed by atoms with Crippen LogP contribution in [0, 0.1) is 5.82 Å². The van der Waals surface area contributed by atoms with Crippen LogP contribution in [0.15, 0.2) is 42.5 Å². The Bertz CT molecular complexity index is 687. The number of halogens is 1. The molecule has 3 nitrogen and oxygen atoms in total. The number of carboxylic acid groups (broad SMARTS) is 1. The third-order valence-corrected chi connectivity index (χ3v) is 4.35. The molecule has 0 bridgehead atoms. The van der Waals surface area contributed by atoms with Crippen LogP contribution in [0.1, 0.15) is 25.0 Å². The lowest BCUT2D eigenvalue weighted by Crippen LogP contribution is -2.35. The van der Waals surface area contributed by atoms with Crippen LogP contribution in [0.5, 0.6) is 0 Å². The summed E-state index contributed by atoms with van der Waals surface area (Å²) >= 11 is 3.79. The van der Waals surface area contributed by atoms with Gasteiger partial charge in [0.1, 0.15) is 11.9 Å². The summed E-state index contributed by atoms with van der Waals surface area (Å²) in [6.45, 7) is 4.29. The van der Waals surface area contributed by atoms with Crippen LogP contribution in [-0.2, 0) is 17.6 Å². The van der Waals surface area contributed by atoms with E-state index in [-0.39, 0.29) is 5.82 Å². The van der Waals surface area contributed by atoms with Crippen molar-refractivity contribution in [2.45, 2.75) is 32.7 Å². The number of hydrogen-bond acceptors (Lipinski definition) is 3. The molecule has 0 aromatic heterocycles. The van der Waals surface area contributed by atoms with Crippen molar-refractivity contribution in [1.82, 2.24) is 5.32 Å². The van der Waals surface area contributed by atoms with E-state index in [9.17, 15) is 9.18 Å². The van der Waals surface area contributed by atoms with E-state index < -0.39 is 12.0 Å². The van der Waals surface area contributed by atoms with E-state index >= 15 is 0 Å². The minimum atomic E-state index is -0.859. The molecule has 0 fully saturated rings. The highest BCUT2D eigenvalue weighted by Crippen LogP contribution is 2.25. The SMILES string of the molecule is CCc1ccc(-c2ccccc2F)cc1CC.CN[C@H](CS)C(=O)O. The first-order chi connectivity index (χ1) is 12.0. The molecule has 2 aromatic carbocycles. The topological polar surface area (TPSA) is 49.3 Å². The summed E-state index contributed by atoms with van der Waals surface area (Å²) in [4.78, 5) is 10.1. The van der Waals surface area contributed by atoms with Gasteiger partial charge in [-0.3, -0.25) is 4.79 Å². The normalized spacial score (nSPS) is 11.4. The summed E-state index contributed by atoms with van der Waals surface area (Å²) in [6.07, 6.45) is 2.02. The minimum absolute atomic E-state index is 0.154. The molecule has 0 aliphatic rings. The van der Waals surface area contributed by atoms with Crippen LogP contribution in [-0.4, -0.2) is 29.9 Å². The zero-order valence-electron chi connectivity index (χ0n) is 14.9. The maximum absolute atomic E-state index is 13.7. The monoisotopic (exact) mass is 363 g/mol. The van der Waals surface area contributed by atoms with Crippen molar-refractivity contribution in [2.24, 2.45) is 0 Å². The highest BCUT2D eigenvalue weighted by Gasteiger charge is 2.10. The predicted octanol–water partition coefficient (Wildman–Crippen LogP) is 4.21. The van der Waals surface area contributed by atoms with Gasteiger partial charge in [-0.25, -0.2) is 4.39 Å². The fourth-order valence-electron chi connectivity index (χ4n) is 2.46. The molecule has 5 heteroatoms. The number of carboxylic acids is 1. The van der Waals surface area contributed by atoms with Gasteiger partial charge in [0.2, 0.25) is 0 Å². The molecule has 0 amide bonds. The van der Waals surface area contributed by atoms with Crippen LogP contribution in [0.2, 0.25) is 0 Å². The summed E-state index contributed by atoms with van der Waals surface area (Å²) in [7, 11) is 1.59. The Labute approximate surface area is 154 Å². The van der Waals surface area contributed by atoms with Crippen molar-refractivity contribution in [3.8, 4) is 11.1 Å². The number of aryl methyl sites for hydroxylation is 2. The van der Waals surface area contributed by atoms with Crippen molar-refractivity contribution in [3.63, 3.8) is 0 Å². The van der Waals surface area contributed by atoms with E-state index in [1.165, 1.54) is 17.2 Å². The van der Waals surface area contributed by atoms with Gasteiger partial charge in [0.25, 0.3) is 0 Å². The molecule has 0 heterocycles. The third kappa shape index (κ3) is 6.18. The molecule has 2 rings (SSSR count). The molecule has 2 aromatic rings. The minimum Gasteiger partial charge on any atom is -0.480 e. The van der Waals surface area contributed by atoms with Crippen LogP contribution in [0.25, 0.3) is 11.1 Å². The fourth-order valence-corrected chi connectivity index (χ4v) is 2.79. The summed E-state index contributed by atoms with van der Waals surface area (Å²) in [6, 6.07) is 12.6. The molecule has 0 spiro atoms. The van der Waals surface area contributed by atoms with E-state index in [0.717, 1.165) is 18.4 Å². The Balaban J connectivity index is 0.000000333. The maximum Gasteiger partial charge on any atom is 0.321 e. The number of benzene rings is 2. The van der Waals surface area contributed by atoms with Gasteiger partial charge in [0, 0.05) is 11.3 Å². The van der Waals surface area contributed by atoms with Crippen molar-refractivity contribution >= 4 is 18.6 Å². The van der Waals surface area contributed by atoms with Crippen LogP contribution < -0.4 is 5.32 Å². The largest absolute Gasteiger partial charge is 0.480 e. The molecule has 0 aliphatic carbocycles. The standard InChI is InChI=1S/C16H17F.C4H9NO2S/c1-3-12-9-10-14(11-13(12)4-2)15-7-5-6-8-16(15)17;1-5-3(2-8)4(6)7/h5-11H,3-4H2,1-2H3;3,5,8H,2H2,1H3,(H,6,7)/t;3-/m.1/s1. The average molecular weight is 363 g/mol. The Morgan fingerprint density at radius 1 is 1.16 bits per heavy atom. The van der Waals surface area contributed by atoms with E-state index in [0.29, 0.717) is 11.3 Å². The van der Waals surface area contributed by atoms with E-state index in [4.69, 9.17) is 5.11 Å². The van der Waals surface area contributed by atoms with Crippen LogP contribution in [0.4, 0.5) is 4.39 Å². The second-order valence-corrected chi connectivity index (χ2v) is 5.90. The van der Waals surface area contributed by atoms with Gasteiger partial charge >= 0.3 is 5.97 Å². The van der Waals surface area contributed by atoms with Gasteiger partial charge < -0.3 is 10.4 Å². The Kier molecular flexibility index (Phi) is 9.24. The average Bonchev–Trinajstić information content (AvgIpc) is 2.63. The molecule has 0 aliphatic heterocycles. The number of likely N-dealkylation sites (N-methyl/N-ethyl adjacent to an activating group) is 1. The third-order valence-electron chi connectivity index (χ3n) is 3.98. The number of carbonyl (C=O) groups is 1. The molecule has 136 valence electrons. The van der Waals surface area contributed by atoms with E-state index in [1.54, 1.807) is 13.1 Å². The van der Waals surface area contributed by atoms with Crippen LogP contribution in [0.3, 0.4) is 0 Å². The molecular formula is C20H26FNO2S. The second-order valence-electron chi connectivity index (χ2n) is 5.53. The highest BCUT2D eigenvalue weighted by atomic mass is 32.1. The smallest absolute Gasteiger partial charge is 0.321 e. The van der Waals surface area contributed by atoms with Gasteiger partial charge in [-0.2, -0.15) is 12.6 Å². The molecular weight excluding hydrogens is 337 g/mol. The number of rotatable bonds is 6. The van der Waals surface area contributed by atoms with Crippen molar-refractivity contribution < 1.29 is 14.3 Å². The molecule has 1 atom stereocenters. The number of hydrogen-bond donors (Lipinski definition) is 3. The first kappa shape index (κ1) is 21.2. The molecule has 0 unspecified atom stereocenters. The van der Waals surface area contributed by atoms with Gasteiger partial charge in [-0.1, -0.05) is 50.2 Å². The zero-order valence-corrected chi connectivity index (χ0v) is 15.8. The van der Waals surface area contributed by atoms with Crippen molar-refractivity contribution in [3.05, 3.63) is 59.4 Å². The predicted molar refractivity (Wildman–Crippen MR) is 105 cm³/mol. The number of thiol groups is 1. The van der Waals surface area contributed by atoms with Gasteiger partial charge in [0.15, 0.2) is 0 Å². The highest BCUT2D eigenvalue weighted by molar-refractivity contribution is 7.80. The first-order valence-electron chi connectivity index (χ1n) is 8.36. The summed E-state index contributed by atoms with van der Waals surface area (Å²) < 4.78 is 13.7. The number of aliphatic carboxylic acids is 1. The fraction of sp³-hybridized carbons (Fsp3) is 0.350. The second kappa shape index (κ2) is 10.9. The number of nitrogens with one attached hydrogen (secondary N) is 1. The Morgan fingerprint density at radius 2 is 1.80 bits per heavy atom. The lowest BCUT2D eigenvalue weighted by Gasteiger charge is -2.09. The lowest BCUT2D eigenvalue weighted by atomic mass is 9.96. The molecule has 0 radical (unpaired) electrons. The molecule has 0 saturated carbocycles. The van der Waals surface area contributed by atoms with Crippen molar-refractivity contribution in [2.75, 3.05) is 12.8 Å². The quantitative estimate of drug-likeness (QED) is 0.674. The lowest BCUT2D eigenvalue weighted by molar-refractivity contribution is -0.138. The van der Waals surface area contributed by atoms with E-state index in [2.05, 4.69) is 43.9 Å².